The van der Waals surface area contributed by atoms with E-state index >= 15 is 0 Å². The monoisotopic (exact) mass is 1550 g/mol. The Morgan fingerprint density at radius 3 is 1.09 bits per heavy atom. The minimum atomic E-state index is -3.94. The van der Waals surface area contributed by atoms with Crippen molar-refractivity contribution in [3.8, 4) is 0 Å². The topological polar surface area (TPSA) is 296 Å². The fourth-order valence-corrected chi connectivity index (χ4v) is 14.7. The van der Waals surface area contributed by atoms with Gasteiger partial charge in [0.25, 0.3) is 30.1 Å². The summed E-state index contributed by atoms with van der Waals surface area (Å²) in [5.74, 6) is -0.380. The largest absolute Gasteiger partial charge is 0.396 e. The molecular weight excluding hydrogens is 1470 g/mol. The Bertz CT molecular complexity index is 4790. The lowest BCUT2D eigenvalue weighted by molar-refractivity contribution is 0.101. The Morgan fingerprint density at radius 2 is 0.743 bits per heavy atom. The zero-order chi connectivity index (χ0) is 78.1. The second kappa shape index (κ2) is 39.7. The van der Waals surface area contributed by atoms with Gasteiger partial charge in [-0.2, -0.15) is 4.31 Å². The number of alkyl halides is 3. The first-order chi connectivity index (χ1) is 49.5. The number of carbonyl (C=O) groups excluding carboxylic acids is 4. The fraction of sp³-hybridized carbons (Fsp3) is 0.225. The first kappa shape index (κ1) is 86.3. The number of aliphatic hydroxyl groups is 4. The van der Waals surface area contributed by atoms with Crippen LogP contribution in [0.1, 0.15) is 72.3 Å². The summed E-state index contributed by atoms with van der Waals surface area (Å²) in [4.78, 5) is 50.3. The van der Waals surface area contributed by atoms with Crippen LogP contribution in [0.15, 0.2) is 189 Å². The molecule has 3 atom stereocenters. The third-order valence-corrected chi connectivity index (χ3v) is 23.5. The van der Waals surface area contributed by atoms with E-state index in [0.29, 0.717) is 63.8 Å². The fourth-order valence-electron chi connectivity index (χ4n) is 9.12. The van der Waals surface area contributed by atoms with Crippen LogP contribution in [0, 0.1) is 34.9 Å². The summed E-state index contributed by atoms with van der Waals surface area (Å²) >= 11 is 0. The van der Waals surface area contributed by atoms with Gasteiger partial charge in [-0.15, -0.1) is 0 Å². The number of hydrogen-bond acceptors (Lipinski definition) is 13. The van der Waals surface area contributed by atoms with Gasteiger partial charge in [0, 0.05) is 129 Å². The van der Waals surface area contributed by atoms with E-state index in [9.17, 15) is 79.7 Å². The molecule has 105 heavy (non-hydrogen) atoms. The van der Waals surface area contributed by atoms with Crippen molar-refractivity contribution in [3.63, 3.8) is 0 Å². The van der Waals surface area contributed by atoms with E-state index in [1.165, 1.54) is 91.8 Å². The maximum Gasteiger partial charge on any atom is 0.263 e. The summed E-state index contributed by atoms with van der Waals surface area (Å²) < 4.78 is 186. The molecule has 0 aliphatic carbocycles. The van der Waals surface area contributed by atoms with Gasteiger partial charge in [-0.25, -0.2) is 73.5 Å². The van der Waals surface area contributed by atoms with Crippen LogP contribution in [0.3, 0.4) is 0 Å². The molecule has 8 aromatic rings. The van der Waals surface area contributed by atoms with Crippen LogP contribution in [0.25, 0.3) is 0 Å². The lowest BCUT2D eigenvalue weighted by Gasteiger charge is -2.22. The number of halogens is 9. The van der Waals surface area contributed by atoms with Gasteiger partial charge in [-0.1, -0.05) is 55.5 Å². The summed E-state index contributed by atoms with van der Waals surface area (Å²) in [5, 5.41) is 45.6. The van der Waals surface area contributed by atoms with E-state index in [2.05, 4.69) is 38.9 Å². The van der Waals surface area contributed by atoms with Gasteiger partial charge in [0.2, 0.25) is 10.0 Å². The highest BCUT2D eigenvalue weighted by atomic mass is 32.2. The summed E-state index contributed by atoms with van der Waals surface area (Å²) in [6.45, 7) is 0.954. The molecule has 566 valence electrons. The second-order valence-electron chi connectivity index (χ2n) is 22.4. The van der Waals surface area contributed by atoms with Crippen LogP contribution in [0.5, 0.6) is 0 Å². The van der Waals surface area contributed by atoms with Crippen molar-refractivity contribution in [1.29, 1.82) is 0 Å². The predicted molar refractivity (Wildman–Crippen MR) is 389 cm³/mol. The third-order valence-electron chi connectivity index (χ3n) is 15.0. The molecule has 0 aliphatic rings. The van der Waals surface area contributed by atoms with Crippen molar-refractivity contribution in [2.75, 3.05) is 102 Å². The zero-order valence-electron chi connectivity index (χ0n) is 56.9. The molecule has 0 fully saturated rings. The Hall–Kier alpha value is -9.30. The standard InChI is InChI=1S/C18H19F3N2O3S.C18H20F2N2O3S.C18H21FN2O3S.C17H17F3N2O4S/c1-23(7-4-8-24)27(2,26)14-6-3-5-12(9-14)18(25)22-13-10-15(19)17(21)16(20)11-13;1-22(9-10-23)26(2,25)16-8-4-6-14(12-16)18(24)21-15-7-3-5-13(11-15)17(19)20;1-21(9-10-22)25(2,24)17-8-4-6-15(12-17)18(23)20-16-7-3-5-14(11-16)13-19;1-2-22(6-7-23)27(25,26)13-5-3-4-11(8-13)17(24)21-12-9-14(18)16(20)15(19)10-12/h3,5-6,9-11,24H,2,4,7-8H2,1H3,(H,22,25);3-8,11-12,17,23H,2,9-10H2,1H3,(H,21,24);3-8,11-12,22H,2,9-10,13H2,1H3,(H,20,23);3-5,8-10,23H,2,6-7H2,1H3,(H,21,24). The number of nitrogens with zero attached hydrogens (tertiary/aromatic N) is 4. The average molecular weight is 1550 g/mol. The van der Waals surface area contributed by atoms with Crippen LogP contribution < -0.4 is 21.3 Å². The van der Waals surface area contributed by atoms with E-state index in [-0.39, 0.29) is 102 Å². The van der Waals surface area contributed by atoms with Crippen LogP contribution in [0.4, 0.5) is 62.3 Å². The summed E-state index contributed by atoms with van der Waals surface area (Å²) in [6, 6.07) is 37.8. The van der Waals surface area contributed by atoms with Crippen LogP contribution >= 0.6 is 0 Å². The molecular formula is C71H77F9N8O13S4. The molecule has 0 heterocycles. The zero-order valence-corrected chi connectivity index (χ0v) is 60.2. The molecule has 0 saturated heterocycles. The highest BCUT2D eigenvalue weighted by molar-refractivity contribution is 7.98. The average Bonchev–Trinajstić information content (AvgIpc) is 0.818. The second-order valence-corrected chi connectivity index (χ2v) is 31.5. The Morgan fingerprint density at radius 1 is 0.419 bits per heavy atom. The van der Waals surface area contributed by atoms with Gasteiger partial charge < -0.3 is 41.7 Å². The minimum absolute atomic E-state index is 0.0624. The van der Waals surface area contributed by atoms with Crippen molar-refractivity contribution >= 4 is 103 Å². The maximum atomic E-state index is 13.3. The molecule has 8 rings (SSSR count). The number of aliphatic hydroxyl groups excluding tert-OH is 4. The molecule has 0 radical (unpaired) electrons. The molecule has 21 nitrogen and oxygen atoms in total. The summed E-state index contributed by atoms with van der Waals surface area (Å²) in [7, 11) is -7.73. The Labute approximate surface area is 603 Å². The molecule has 0 aromatic heterocycles. The molecule has 34 heteroatoms. The van der Waals surface area contributed by atoms with Gasteiger partial charge in [0.1, 0.15) is 6.67 Å². The number of amides is 4. The molecule has 0 saturated carbocycles. The number of benzene rings is 8. The van der Waals surface area contributed by atoms with Gasteiger partial charge in [0.05, 0.1) is 53.8 Å². The molecule has 0 spiro atoms. The first-order valence-electron chi connectivity index (χ1n) is 31.2. The van der Waals surface area contributed by atoms with E-state index in [0.717, 1.165) is 10.4 Å². The van der Waals surface area contributed by atoms with Gasteiger partial charge >= 0.3 is 0 Å². The lowest BCUT2D eigenvalue weighted by Crippen LogP contribution is -2.33. The van der Waals surface area contributed by atoms with Crippen molar-refractivity contribution in [2.24, 2.45) is 0 Å². The number of carbonyl (C=O) groups is 4. The molecule has 4 amide bonds. The van der Waals surface area contributed by atoms with Crippen LogP contribution in [-0.2, 0) is 45.8 Å². The number of likely N-dealkylation sites (N-methyl/N-ethyl adjacent to an activating group) is 3. The van der Waals surface area contributed by atoms with E-state index in [4.69, 9.17) is 20.4 Å². The third kappa shape index (κ3) is 24.1. The number of anilines is 4. The van der Waals surface area contributed by atoms with Gasteiger partial charge in [-0.3, -0.25) is 19.2 Å². The van der Waals surface area contributed by atoms with E-state index in [1.807, 2.05) is 0 Å². The number of hydrogen-bond donors (Lipinski definition) is 8. The highest BCUT2D eigenvalue weighted by Crippen LogP contribution is 2.27. The Kier molecular flexibility index (Phi) is 32.7. The van der Waals surface area contributed by atoms with Crippen molar-refractivity contribution in [3.05, 3.63) is 238 Å². The lowest BCUT2D eigenvalue weighted by atomic mass is 10.2. The number of rotatable bonds is 28. The molecule has 8 N–H and O–H groups in total. The van der Waals surface area contributed by atoms with Crippen molar-refractivity contribution in [2.45, 2.75) is 46.0 Å². The smallest absolute Gasteiger partial charge is 0.263 e. The number of sulfonamides is 1. The maximum absolute atomic E-state index is 13.3. The van der Waals surface area contributed by atoms with E-state index < -0.39 is 111 Å². The molecule has 0 aliphatic heterocycles. The highest BCUT2D eigenvalue weighted by Gasteiger charge is 2.26. The van der Waals surface area contributed by atoms with Crippen LogP contribution in [0.2, 0.25) is 0 Å². The predicted octanol–water partition coefficient (Wildman–Crippen LogP) is 10.1. The summed E-state index contributed by atoms with van der Waals surface area (Å²) in [5.41, 5.74) is 0.976. The first-order valence-corrected chi connectivity index (χ1v) is 37.7. The van der Waals surface area contributed by atoms with Crippen molar-refractivity contribution in [1.82, 2.24) is 17.2 Å². The molecule has 3 unspecified atom stereocenters. The SMILES string of the molecule is C=S(=O)(c1cccc(C(=O)Nc2cc(F)c(F)c(F)c2)c1)N(C)CCCO.C=S(=O)(c1cccc(C(=O)Nc2cccc(C(F)F)c2)c1)N(C)CCO.C=S(=O)(c1cccc(C(=O)Nc2cccc(CF)c2)c1)N(C)CCO.CCN(CCO)S(=O)(=O)c1cccc(C(=O)Nc2cc(F)c(F)c(F)c2)c1. The normalized spacial score (nSPS) is 13.0. The molecule has 0 bridgehead atoms. The molecule has 8 aromatic carbocycles. The van der Waals surface area contributed by atoms with Gasteiger partial charge in [-0.05, 0) is 148 Å². The minimum Gasteiger partial charge on any atom is -0.396 e. The van der Waals surface area contributed by atoms with E-state index in [1.54, 1.807) is 88.7 Å². The Balaban J connectivity index is 0.000000252. The summed E-state index contributed by atoms with van der Waals surface area (Å²) in [6.07, 6.45) is -2.22. The van der Waals surface area contributed by atoms with Gasteiger partial charge in [0.15, 0.2) is 34.9 Å². The van der Waals surface area contributed by atoms with Crippen LogP contribution in [-0.4, -0.2) is 180 Å². The quantitative estimate of drug-likeness (QED) is 0.0129. The number of nitrogens with one attached hydrogen (secondary N) is 4. The van der Waals surface area contributed by atoms with Crippen molar-refractivity contribution < 1.29 is 100 Å².